The van der Waals surface area contributed by atoms with Crippen LogP contribution in [0.2, 0.25) is 0 Å². The molecule has 0 N–H and O–H groups in total. The summed E-state index contributed by atoms with van der Waals surface area (Å²) in [5.74, 6) is 1.16. The summed E-state index contributed by atoms with van der Waals surface area (Å²) in [6.45, 7) is 1.67. The Hall–Kier alpha value is -1.31. The van der Waals surface area contributed by atoms with E-state index in [0.717, 1.165) is 30.6 Å². The Morgan fingerprint density at radius 3 is 2.93 bits per heavy atom. The van der Waals surface area contributed by atoms with Gasteiger partial charge in [-0.05, 0) is 37.8 Å². The second kappa shape index (κ2) is 4.05. The number of ether oxygens (including phenoxy) is 1. The number of hydrogen-bond donors (Lipinski definition) is 0. The molecule has 1 aliphatic carbocycles. The molecule has 1 aliphatic rings. The minimum absolute atomic E-state index is 0.0462. The molecule has 0 saturated carbocycles. The van der Waals surface area contributed by atoms with Crippen molar-refractivity contribution in [3.8, 4) is 5.75 Å². The van der Waals surface area contributed by atoms with E-state index in [9.17, 15) is 4.79 Å². The lowest BCUT2D eigenvalue weighted by atomic mass is 9.80. The Morgan fingerprint density at radius 1 is 1.47 bits per heavy atom. The fourth-order valence-electron chi connectivity index (χ4n) is 2.43. The Bertz CT molecular complexity index is 368. The lowest BCUT2D eigenvalue weighted by Crippen LogP contribution is -2.17. The van der Waals surface area contributed by atoms with Gasteiger partial charge in [0, 0.05) is 11.5 Å². The first-order chi connectivity index (χ1) is 7.24. The zero-order chi connectivity index (χ0) is 10.8. The van der Waals surface area contributed by atoms with Crippen LogP contribution in [0.5, 0.6) is 5.75 Å². The van der Waals surface area contributed by atoms with E-state index in [2.05, 4.69) is 6.07 Å². The van der Waals surface area contributed by atoms with Crippen molar-refractivity contribution in [3.63, 3.8) is 0 Å². The third-order valence-corrected chi connectivity index (χ3v) is 3.15. The predicted molar refractivity (Wildman–Crippen MR) is 59.4 cm³/mol. The number of rotatable bonds is 2. The van der Waals surface area contributed by atoms with Crippen LogP contribution >= 0.6 is 0 Å². The van der Waals surface area contributed by atoms with Gasteiger partial charge in [0.2, 0.25) is 0 Å². The molecule has 1 aromatic rings. The summed E-state index contributed by atoms with van der Waals surface area (Å²) in [5, 5.41) is 0. The minimum Gasteiger partial charge on any atom is -0.496 e. The maximum absolute atomic E-state index is 11.6. The number of Topliss-reactive ketones (excluding diaryl/α,β-unsaturated/α-hetero) is 1. The fourth-order valence-corrected chi connectivity index (χ4v) is 2.43. The van der Waals surface area contributed by atoms with Crippen molar-refractivity contribution in [2.24, 2.45) is 0 Å². The Balaban J connectivity index is 2.52. The van der Waals surface area contributed by atoms with E-state index in [-0.39, 0.29) is 11.7 Å². The normalized spacial score (nSPS) is 19.5. The maximum Gasteiger partial charge on any atom is 0.137 e. The molecule has 1 atom stereocenters. The highest BCUT2D eigenvalue weighted by atomic mass is 16.5. The standard InChI is InChI=1S/C13H16O2/c1-9(14)11-7-3-5-10-6-4-8-12(15-2)13(10)11/h4,6,8,11H,3,5,7H2,1-2H3. The summed E-state index contributed by atoms with van der Waals surface area (Å²) in [6, 6.07) is 6.05. The summed E-state index contributed by atoms with van der Waals surface area (Å²) < 4.78 is 5.34. The van der Waals surface area contributed by atoms with Crippen LogP contribution < -0.4 is 4.74 Å². The van der Waals surface area contributed by atoms with Crippen LogP contribution in [0.3, 0.4) is 0 Å². The topological polar surface area (TPSA) is 26.3 Å². The number of aryl methyl sites for hydroxylation is 1. The van der Waals surface area contributed by atoms with Gasteiger partial charge in [-0.15, -0.1) is 0 Å². The first kappa shape index (κ1) is 10.2. The number of benzene rings is 1. The highest BCUT2D eigenvalue weighted by molar-refractivity contribution is 5.85. The van der Waals surface area contributed by atoms with Crippen molar-refractivity contribution in [2.45, 2.75) is 32.1 Å². The van der Waals surface area contributed by atoms with Crippen molar-refractivity contribution < 1.29 is 9.53 Å². The smallest absolute Gasteiger partial charge is 0.137 e. The highest BCUT2D eigenvalue weighted by Gasteiger charge is 2.26. The van der Waals surface area contributed by atoms with Crippen LogP contribution in [0.25, 0.3) is 0 Å². The number of methoxy groups -OCH3 is 1. The Labute approximate surface area is 90.3 Å². The molecule has 0 bridgehead atoms. The zero-order valence-electron chi connectivity index (χ0n) is 9.25. The van der Waals surface area contributed by atoms with Crippen LogP contribution in [0.15, 0.2) is 18.2 Å². The van der Waals surface area contributed by atoms with E-state index < -0.39 is 0 Å². The summed E-state index contributed by atoms with van der Waals surface area (Å²) in [6.07, 6.45) is 3.13. The molecule has 2 heteroatoms. The summed E-state index contributed by atoms with van der Waals surface area (Å²) >= 11 is 0. The van der Waals surface area contributed by atoms with Crippen LogP contribution in [0.1, 0.15) is 36.8 Å². The van der Waals surface area contributed by atoms with E-state index in [0.29, 0.717) is 0 Å². The number of carbonyl (C=O) groups is 1. The van der Waals surface area contributed by atoms with Gasteiger partial charge in [0.05, 0.1) is 7.11 Å². The van der Waals surface area contributed by atoms with Gasteiger partial charge >= 0.3 is 0 Å². The van der Waals surface area contributed by atoms with Gasteiger partial charge in [-0.3, -0.25) is 4.79 Å². The van der Waals surface area contributed by atoms with Crippen molar-refractivity contribution in [2.75, 3.05) is 7.11 Å². The molecule has 1 aromatic carbocycles. The molecule has 0 fully saturated rings. The van der Waals surface area contributed by atoms with Gasteiger partial charge < -0.3 is 4.74 Å². The molecular weight excluding hydrogens is 188 g/mol. The third kappa shape index (κ3) is 1.76. The van der Waals surface area contributed by atoms with Gasteiger partial charge in [-0.1, -0.05) is 12.1 Å². The number of carbonyl (C=O) groups excluding carboxylic acids is 1. The van der Waals surface area contributed by atoms with Gasteiger partial charge in [-0.25, -0.2) is 0 Å². The zero-order valence-corrected chi connectivity index (χ0v) is 9.25. The third-order valence-electron chi connectivity index (χ3n) is 3.15. The summed E-state index contributed by atoms with van der Waals surface area (Å²) in [5.41, 5.74) is 2.40. The number of fused-ring (bicyclic) bond motifs is 1. The van der Waals surface area contributed by atoms with E-state index in [1.54, 1.807) is 14.0 Å². The van der Waals surface area contributed by atoms with E-state index in [1.807, 2.05) is 12.1 Å². The van der Waals surface area contributed by atoms with Crippen molar-refractivity contribution in [1.29, 1.82) is 0 Å². The van der Waals surface area contributed by atoms with Crippen molar-refractivity contribution in [1.82, 2.24) is 0 Å². The van der Waals surface area contributed by atoms with E-state index >= 15 is 0 Å². The maximum atomic E-state index is 11.6. The molecule has 2 rings (SSSR count). The molecule has 0 amide bonds. The number of ketones is 1. The molecule has 80 valence electrons. The highest BCUT2D eigenvalue weighted by Crippen LogP contribution is 2.38. The SMILES string of the molecule is COc1cccc2c1C(C(C)=O)CCC2. The molecule has 0 aliphatic heterocycles. The van der Waals surface area contributed by atoms with Gasteiger partial charge in [-0.2, -0.15) is 0 Å². The van der Waals surface area contributed by atoms with Crippen LogP contribution in [-0.2, 0) is 11.2 Å². The fraction of sp³-hybridized carbons (Fsp3) is 0.462. The monoisotopic (exact) mass is 204 g/mol. The molecule has 0 heterocycles. The molecule has 0 saturated heterocycles. The van der Waals surface area contributed by atoms with E-state index in [1.165, 1.54) is 5.56 Å². The van der Waals surface area contributed by atoms with Crippen LogP contribution in [0.4, 0.5) is 0 Å². The lowest BCUT2D eigenvalue weighted by molar-refractivity contribution is -0.118. The molecule has 2 nitrogen and oxygen atoms in total. The quantitative estimate of drug-likeness (QED) is 0.740. The van der Waals surface area contributed by atoms with Gasteiger partial charge in [0.1, 0.15) is 11.5 Å². The van der Waals surface area contributed by atoms with Crippen molar-refractivity contribution >= 4 is 5.78 Å². The summed E-state index contributed by atoms with van der Waals surface area (Å²) in [7, 11) is 1.67. The first-order valence-corrected chi connectivity index (χ1v) is 5.40. The molecule has 15 heavy (non-hydrogen) atoms. The Morgan fingerprint density at radius 2 is 2.27 bits per heavy atom. The minimum atomic E-state index is 0.0462. The van der Waals surface area contributed by atoms with Crippen LogP contribution in [-0.4, -0.2) is 12.9 Å². The molecule has 0 spiro atoms. The van der Waals surface area contributed by atoms with Crippen molar-refractivity contribution in [3.05, 3.63) is 29.3 Å². The lowest BCUT2D eigenvalue weighted by Gasteiger charge is -2.25. The largest absolute Gasteiger partial charge is 0.496 e. The van der Waals surface area contributed by atoms with Gasteiger partial charge in [0.15, 0.2) is 0 Å². The van der Waals surface area contributed by atoms with Gasteiger partial charge in [0.25, 0.3) is 0 Å². The Kier molecular flexibility index (Phi) is 2.76. The first-order valence-electron chi connectivity index (χ1n) is 5.40. The second-order valence-corrected chi connectivity index (χ2v) is 4.09. The predicted octanol–water partition coefficient (Wildman–Crippen LogP) is 2.70. The second-order valence-electron chi connectivity index (χ2n) is 4.09. The molecular formula is C13H16O2. The van der Waals surface area contributed by atoms with Crippen LogP contribution in [0, 0.1) is 0 Å². The van der Waals surface area contributed by atoms with E-state index in [4.69, 9.17) is 4.74 Å². The average molecular weight is 204 g/mol. The molecule has 0 aromatic heterocycles. The molecule has 1 unspecified atom stereocenters. The molecule has 0 radical (unpaired) electrons. The number of hydrogen-bond acceptors (Lipinski definition) is 2. The average Bonchev–Trinajstić information content (AvgIpc) is 2.27. The summed E-state index contributed by atoms with van der Waals surface area (Å²) in [4.78, 5) is 11.6.